The zero-order valence-electron chi connectivity index (χ0n) is 16.3. The number of anilines is 1. The van der Waals surface area contributed by atoms with Crippen molar-refractivity contribution in [2.75, 3.05) is 51.8 Å². The molecule has 1 fully saturated rings. The Bertz CT molecular complexity index is 721. The maximum atomic E-state index is 5.72. The summed E-state index contributed by atoms with van der Waals surface area (Å²) in [5.41, 5.74) is 2.10. The molecular formula is C21H28N4O2S. The van der Waals surface area contributed by atoms with Crippen LogP contribution in [0.1, 0.15) is 12.0 Å². The first kappa shape index (κ1) is 20.5. The SMILES string of the molecule is COc1ccc(NC(=S)N(CCCN2CCOCC2)Cc2cccnc2)cc1. The predicted molar refractivity (Wildman–Crippen MR) is 116 cm³/mol. The van der Waals surface area contributed by atoms with Crippen LogP contribution in [-0.4, -0.2) is 66.4 Å². The van der Waals surface area contributed by atoms with Gasteiger partial charge in [0.2, 0.25) is 0 Å². The van der Waals surface area contributed by atoms with Gasteiger partial charge in [0.15, 0.2) is 5.11 Å². The standard InChI is InChI=1S/C21H28N4O2S/c1-26-20-7-5-19(6-8-20)23-21(28)25(17-18-4-2-9-22-16-18)11-3-10-24-12-14-27-15-13-24/h2,4-9,16H,3,10-15,17H2,1H3,(H,23,28). The van der Waals surface area contributed by atoms with E-state index >= 15 is 0 Å². The number of rotatable bonds is 8. The van der Waals surface area contributed by atoms with E-state index in [-0.39, 0.29) is 0 Å². The van der Waals surface area contributed by atoms with E-state index in [4.69, 9.17) is 21.7 Å². The minimum atomic E-state index is 0.719. The Labute approximate surface area is 172 Å². The smallest absolute Gasteiger partial charge is 0.173 e. The summed E-state index contributed by atoms with van der Waals surface area (Å²) >= 11 is 5.72. The molecule has 0 aliphatic carbocycles. The van der Waals surface area contributed by atoms with Gasteiger partial charge >= 0.3 is 0 Å². The summed E-state index contributed by atoms with van der Waals surface area (Å²) in [6.45, 7) is 6.35. The molecule has 1 aliphatic heterocycles. The monoisotopic (exact) mass is 400 g/mol. The third kappa shape index (κ3) is 6.44. The van der Waals surface area contributed by atoms with Crippen LogP contribution in [-0.2, 0) is 11.3 Å². The molecule has 6 nitrogen and oxygen atoms in total. The fourth-order valence-electron chi connectivity index (χ4n) is 3.15. The van der Waals surface area contributed by atoms with E-state index in [1.165, 1.54) is 0 Å². The fraction of sp³-hybridized carbons (Fsp3) is 0.429. The van der Waals surface area contributed by atoms with Crippen molar-refractivity contribution in [2.24, 2.45) is 0 Å². The van der Waals surface area contributed by atoms with E-state index in [1.807, 2.05) is 36.5 Å². The van der Waals surface area contributed by atoms with Crippen molar-refractivity contribution in [2.45, 2.75) is 13.0 Å². The van der Waals surface area contributed by atoms with Gasteiger partial charge < -0.3 is 19.7 Å². The summed E-state index contributed by atoms with van der Waals surface area (Å²) in [6.07, 6.45) is 4.73. The molecule has 0 radical (unpaired) electrons. The van der Waals surface area contributed by atoms with Gasteiger partial charge in [-0.3, -0.25) is 9.88 Å². The lowest BCUT2D eigenvalue weighted by atomic mass is 10.2. The lowest BCUT2D eigenvalue weighted by Crippen LogP contribution is -2.40. The molecule has 150 valence electrons. The summed E-state index contributed by atoms with van der Waals surface area (Å²) in [7, 11) is 1.66. The Morgan fingerprint density at radius 2 is 2.04 bits per heavy atom. The number of thiocarbonyl (C=S) groups is 1. The van der Waals surface area contributed by atoms with Gasteiger partial charge in [-0.05, 0) is 54.5 Å². The predicted octanol–water partition coefficient (Wildman–Crippen LogP) is 3.01. The number of hydrogen-bond donors (Lipinski definition) is 1. The Kier molecular flexibility index (Phi) is 8.02. The molecule has 1 saturated heterocycles. The van der Waals surface area contributed by atoms with Crippen molar-refractivity contribution in [3.63, 3.8) is 0 Å². The van der Waals surface area contributed by atoms with Crippen LogP contribution in [0.2, 0.25) is 0 Å². The van der Waals surface area contributed by atoms with Gasteiger partial charge in [0.25, 0.3) is 0 Å². The second-order valence-corrected chi connectivity index (χ2v) is 7.14. The number of morpholine rings is 1. The van der Waals surface area contributed by atoms with Crippen molar-refractivity contribution < 1.29 is 9.47 Å². The highest BCUT2D eigenvalue weighted by atomic mass is 32.1. The average molecular weight is 401 g/mol. The lowest BCUT2D eigenvalue weighted by molar-refractivity contribution is 0.0368. The summed E-state index contributed by atoms with van der Waals surface area (Å²) < 4.78 is 10.6. The Balaban J connectivity index is 1.59. The molecule has 0 spiro atoms. The molecule has 0 unspecified atom stereocenters. The van der Waals surface area contributed by atoms with Crippen LogP contribution in [0.4, 0.5) is 5.69 Å². The molecule has 2 aromatic rings. The summed E-state index contributed by atoms with van der Waals surface area (Å²) in [5, 5.41) is 4.07. The number of hydrogen-bond acceptors (Lipinski definition) is 5. The van der Waals surface area contributed by atoms with Gasteiger partial charge in [0.05, 0.1) is 20.3 Å². The molecule has 1 N–H and O–H groups in total. The number of methoxy groups -OCH3 is 1. The molecule has 1 aromatic heterocycles. The Morgan fingerprint density at radius 3 is 2.71 bits per heavy atom. The van der Waals surface area contributed by atoms with Crippen LogP contribution in [0.25, 0.3) is 0 Å². The van der Waals surface area contributed by atoms with Crippen LogP contribution in [0.5, 0.6) is 5.75 Å². The highest BCUT2D eigenvalue weighted by Crippen LogP contribution is 2.16. The first-order valence-electron chi connectivity index (χ1n) is 9.63. The van der Waals surface area contributed by atoms with Crippen LogP contribution >= 0.6 is 12.2 Å². The van der Waals surface area contributed by atoms with Crippen molar-refractivity contribution in [3.05, 3.63) is 54.4 Å². The highest BCUT2D eigenvalue weighted by molar-refractivity contribution is 7.80. The quantitative estimate of drug-likeness (QED) is 0.684. The maximum Gasteiger partial charge on any atom is 0.173 e. The fourth-order valence-corrected chi connectivity index (χ4v) is 3.42. The number of nitrogens with one attached hydrogen (secondary N) is 1. The molecule has 1 aromatic carbocycles. The minimum absolute atomic E-state index is 0.719. The summed E-state index contributed by atoms with van der Waals surface area (Å²) in [4.78, 5) is 8.88. The van der Waals surface area contributed by atoms with Crippen LogP contribution in [0.15, 0.2) is 48.8 Å². The Morgan fingerprint density at radius 1 is 1.25 bits per heavy atom. The van der Waals surface area contributed by atoms with Crippen molar-refractivity contribution in [1.82, 2.24) is 14.8 Å². The first-order chi connectivity index (χ1) is 13.7. The van der Waals surface area contributed by atoms with Gasteiger partial charge in [-0.25, -0.2) is 0 Å². The second kappa shape index (κ2) is 10.9. The largest absolute Gasteiger partial charge is 0.497 e. The van der Waals surface area contributed by atoms with Crippen molar-refractivity contribution in [1.29, 1.82) is 0 Å². The highest BCUT2D eigenvalue weighted by Gasteiger charge is 2.14. The summed E-state index contributed by atoms with van der Waals surface area (Å²) in [5.74, 6) is 0.828. The minimum Gasteiger partial charge on any atom is -0.497 e. The molecule has 0 saturated carbocycles. The normalized spacial score (nSPS) is 14.5. The molecular weight excluding hydrogens is 372 g/mol. The number of nitrogens with zero attached hydrogens (tertiary/aromatic N) is 3. The number of aromatic nitrogens is 1. The van der Waals surface area contributed by atoms with Gasteiger partial charge in [-0.15, -0.1) is 0 Å². The van der Waals surface area contributed by atoms with Gasteiger partial charge in [-0.2, -0.15) is 0 Å². The Hall–Kier alpha value is -2.22. The number of pyridine rings is 1. The topological polar surface area (TPSA) is 49.9 Å². The van der Waals surface area contributed by atoms with Gasteiger partial charge in [0, 0.05) is 50.8 Å². The summed E-state index contributed by atoms with van der Waals surface area (Å²) in [6, 6.07) is 11.8. The second-order valence-electron chi connectivity index (χ2n) is 6.75. The zero-order valence-corrected chi connectivity index (χ0v) is 17.2. The van der Waals surface area contributed by atoms with E-state index in [0.717, 1.165) is 74.5 Å². The third-order valence-electron chi connectivity index (χ3n) is 4.73. The number of ether oxygens (including phenoxy) is 2. The lowest BCUT2D eigenvalue weighted by Gasteiger charge is -2.29. The van der Waals surface area contributed by atoms with E-state index in [0.29, 0.717) is 0 Å². The first-order valence-corrected chi connectivity index (χ1v) is 10.0. The molecule has 1 aliphatic rings. The maximum absolute atomic E-state index is 5.72. The molecule has 0 amide bonds. The van der Waals surface area contributed by atoms with E-state index in [9.17, 15) is 0 Å². The molecule has 28 heavy (non-hydrogen) atoms. The third-order valence-corrected chi connectivity index (χ3v) is 5.09. The van der Waals surface area contributed by atoms with E-state index in [2.05, 4.69) is 26.2 Å². The van der Waals surface area contributed by atoms with Gasteiger partial charge in [0.1, 0.15) is 5.75 Å². The zero-order chi connectivity index (χ0) is 19.6. The van der Waals surface area contributed by atoms with Crippen LogP contribution in [0, 0.1) is 0 Å². The van der Waals surface area contributed by atoms with E-state index in [1.54, 1.807) is 13.3 Å². The van der Waals surface area contributed by atoms with Crippen LogP contribution in [0.3, 0.4) is 0 Å². The molecule has 0 bridgehead atoms. The van der Waals surface area contributed by atoms with E-state index < -0.39 is 0 Å². The van der Waals surface area contributed by atoms with Crippen molar-refractivity contribution in [3.8, 4) is 5.75 Å². The average Bonchev–Trinajstić information content (AvgIpc) is 2.75. The van der Waals surface area contributed by atoms with Crippen LogP contribution < -0.4 is 10.1 Å². The van der Waals surface area contributed by atoms with Gasteiger partial charge in [-0.1, -0.05) is 6.07 Å². The van der Waals surface area contributed by atoms with Crippen molar-refractivity contribution >= 4 is 23.0 Å². The number of benzene rings is 1. The molecule has 0 atom stereocenters. The molecule has 3 rings (SSSR count). The molecule has 2 heterocycles. The molecule has 7 heteroatoms.